The second kappa shape index (κ2) is 6.02. The Hall–Kier alpha value is -1.61. The van der Waals surface area contributed by atoms with E-state index in [0.717, 1.165) is 24.0 Å². The van der Waals surface area contributed by atoms with Crippen molar-refractivity contribution < 1.29 is 9.90 Å². The van der Waals surface area contributed by atoms with E-state index in [2.05, 4.69) is 11.4 Å². The van der Waals surface area contributed by atoms with Crippen molar-refractivity contribution in [2.24, 2.45) is 5.92 Å². The lowest BCUT2D eigenvalue weighted by Gasteiger charge is -2.08. The van der Waals surface area contributed by atoms with E-state index in [-0.39, 0.29) is 5.91 Å². The van der Waals surface area contributed by atoms with E-state index in [1.54, 1.807) is 0 Å². The van der Waals surface area contributed by atoms with E-state index >= 15 is 0 Å². The van der Waals surface area contributed by atoms with Gasteiger partial charge >= 0.3 is 0 Å². The number of carbonyl (C=O) groups excluding carboxylic acids is 1. The summed E-state index contributed by atoms with van der Waals surface area (Å²) in [5.41, 5.74) is 3.41. The van der Waals surface area contributed by atoms with Crippen LogP contribution in [0.3, 0.4) is 0 Å². The molecule has 19 heavy (non-hydrogen) atoms. The van der Waals surface area contributed by atoms with Crippen molar-refractivity contribution in [3.8, 4) is 0 Å². The van der Waals surface area contributed by atoms with E-state index in [1.807, 2.05) is 32.1 Å². The van der Waals surface area contributed by atoms with Crippen LogP contribution in [-0.2, 0) is 4.79 Å². The summed E-state index contributed by atoms with van der Waals surface area (Å²) in [7, 11) is 0. The second-order valence-electron chi connectivity index (χ2n) is 5.34. The van der Waals surface area contributed by atoms with Crippen LogP contribution in [0.2, 0.25) is 0 Å². The number of rotatable bonds is 5. The number of hydrogen-bond acceptors (Lipinski definition) is 2. The van der Waals surface area contributed by atoms with Crippen LogP contribution in [0.15, 0.2) is 24.3 Å². The van der Waals surface area contributed by atoms with Crippen molar-refractivity contribution in [2.45, 2.75) is 32.8 Å². The van der Waals surface area contributed by atoms with Crippen molar-refractivity contribution in [3.63, 3.8) is 0 Å². The molecule has 1 aliphatic rings. The molecule has 1 aromatic carbocycles. The second-order valence-corrected chi connectivity index (χ2v) is 5.34. The van der Waals surface area contributed by atoms with E-state index in [0.29, 0.717) is 12.5 Å². The van der Waals surface area contributed by atoms with Gasteiger partial charge in [-0.15, -0.1) is 0 Å². The minimum Gasteiger partial charge on any atom is -0.391 e. The molecule has 1 aliphatic carbocycles. The molecular formula is C16H21NO2. The van der Waals surface area contributed by atoms with Gasteiger partial charge in [-0.25, -0.2) is 0 Å². The first-order valence-corrected chi connectivity index (χ1v) is 6.77. The van der Waals surface area contributed by atoms with Gasteiger partial charge in [0.05, 0.1) is 6.10 Å². The van der Waals surface area contributed by atoms with Crippen molar-refractivity contribution in [2.75, 3.05) is 6.54 Å². The molecule has 102 valence electrons. The fourth-order valence-electron chi connectivity index (χ4n) is 2.09. The van der Waals surface area contributed by atoms with Crippen LogP contribution in [-0.4, -0.2) is 23.7 Å². The first-order chi connectivity index (χ1) is 9.06. The Labute approximate surface area is 114 Å². The first-order valence-electron chi connectivity index (χ1n) is 6.77. The smallest absolute Gasteiger partial charge is 0.244 e. The number of aryl methyl sites for hydroxylation is 2. The lowest BCUT2D eigenvalue weighted by Crippen LogP contribution is -2.31. The van der Waals surface area contributed by atoms with Gasteiger partial charge < -0.3 is 10.4 Å². The van der Waals surface area contributed by atoms with Crippen LogP contribution in [0, 0.1) is 19.8 Å². The number of amides is 1. The van der Waals surface area contributed by atoms with Gasteiger partial charge in [-0.2, -0.15) is 0 Å². The van der Waals surface area contributed by atoms with Gasteiger partial charge in [0.15, 0.2) is 0 Å². The van der Waals surface area contributed by atoms with E-state index in [9.17, 15) is 9.90 Å². The average molecular weight is 259 g/mol. The monoisotopic (exact) mass is 259 g/mol. The van der Waals surface area contributed by atoms with E-state index in [4.69, 9.17) is 0 Å². The molecule has 1 fully saturated rings. The molecule has 1 amide bonds. The molecule has 0 bridgehead atoms. The molecule has 1 unspecified atom stereocenters. The molecule has 3 heteroatoms. The minimum atomic E-state index is -0.390. The van der Waals surface area contributed by atoms with Crippen molar-refractivity contribution >= 4 is 12.0 Å². The Morgan fingerprint density at radius 1 is 1.47 bits per heavy atom. The van der Waals surface area contributed by atoms with Crippen LogP contribution in [0.5, 0.6) is 0 Å². The van der Waals surface area contributed by atoms with Crippen LogP contribution >= 0.6 is 0 Å². The lowest BCUT2D eigenvalue weighted by molar-refractivity contribution is -0.116. The van der Waals surface area contributed by atoms with Crippen LogP contribution in [0.1, 0.15) is 29.5 Å². The summed E-state index contributed by atoms with van der Waals surface area (Å²) >= 11 is 0. The summed E-state index contributed by atoms with van der Waals surface area (Å²) in [4.78, 5) is 11.6. The SMILES string of the molecule is Cc1ccc(C=CC(=O)NCC(O)C2CC2)c(C)c1. The summed E-state index contributed by atoms with van der Waals surface area (Å²) in [5, 5.41) is 12.4. The third-order valence-electron chi connectivity index (χ3n) is 3.49. The molecule has 3 nitrogen and oxygen atoms in total. The van der Waals surface area contributed by atoms with E-state index < -0.39 is 6.10 Å². The number of benzene rings is 1. The van der Waals surface area contributed by atoms with Gasteiger partial charge in [0, 0.05) is 12.6 Å². The van der Waals surface area contributed by atoms with Crippen LogP contribution in [0.4, 0.5) is 0 Å². The highest BCUT2D eigenvalue weighted by Gasteiger charge is 2.29. The van der Waals surface area contributed by atoms with Crippen molar-refractivity contribution in [1.29, 1.82) is 0 Å². The molecule has 1 saturated carbocycles. The molecule has 0 aliphatic heterocycles. The van der Waals surface area contributed by atoms with E-state index in [1.165, 1.54) is 11.6 Å². The fourth-order valence-corrected chi connectivity index (χ4v) is 2.09. The number of carbonyl (C=O) groups is 1. The average Bonchev–Trinajstić information content (AvgIpc) is 3.19. The highest BCUT2D eigenvalue weighted by Crippen LogP contribution is 2.32. The Balaban J connectivity index is 1.85. The molecule has 0 aromatic heterocycles. The summed E-state index contributed by atoms with van der Waals surface area (Å²) in [5.74, 6) is 0.239. The molecule has 0 saturated heterocycles. The predicted molar refractivity (Wildman–Crippen MR) is 76.7 cm³/mol. The number of hydrogen-bond donors (Lipinski definition) is 2. The maximum absolute atomic E-state index is 11.6. The number of nitrogens with one attached hydrogen (secondary N) is 1. The minimum absolute atomic E-state index is 0.153. The fraction of sp³-hybridized carbons (Fsp3) is 0.438. The topological polar surface area (TPSA) is 49.3 Å². The maximum Gasteiger partial charge on any atom is 0.244 e. The molecule has 0 radical (unpaired) electrons. The zero-order chi connectivity index (χ0) is 13.8. The number of aliphatic hydroxyl groups is 1. The normalized spacial score (nSPS) is 16.6. The van der Waals surface area contributed by atoms with Gasteiger partial charge in [-0.05, 0) is 49.8 Å². The Morgan fingerprint density at radius 2 is 2.21 bits per heavy atom. The van der Waals surface area contributed by atoms with Gasteiger partial charge in [0.2, 0.25) is 5.91 Å². The summed E-state index contributed by atoms with van der Waals surface area (Å²) in [6.45, 7) is 4.43. The van der Waals surface area contributed by atoms with Gasteiger partial charge in [0.1, 0.15) is 0 Å². The molecule has 2 rings (SSSR count). The Bertz CT molecular complexity index is 490. The summed E-state index contributed by atoms with van der Waals surface area (Å²) < 4.78 is 0. The lowest BCUT2D eigenvalue weighted by atomic mass is 10.1. The third-order valence-corrected chi connectivity index (χ3v) is 3.49. The molecular weight excluding hydrogens is 238 g/mol. The highest BCUT2D eigenvalue weighted by molar-refractivity contribution is 5.91. The van der Waals surface area contributed by atoms with Gasteiger partial charge in [-0.3, -0.25) is 4.79 Å². The Kier molecular flexibility index (Phi) is 4.38. The molecule has 0 heterocycles. The van der Waals surface area contributed by atoms with Crippen molar-refractivity contribution in [1.82, 2.24) is 5.32 Å². The number of aliphatic hydroxyl groups excluding tert-OH is 1. The molecule has 1 aromatic rings. The van der Waals surface area contributed by atoms with Crippen molar-refractivity contribution in [3.05, 3.63) is 41.0 Å². The zero-order valence-electron chi connectivity index (χ0n) is 11.5. The van der Waals surface area contributed by atoms with Crippen LogP contribution in [0.25, 0.3) is 6.08 Å². The van der Waals surface area contributed by atoms with Crippen LogP contribution < -0.4 is 5.32 Å². The molecule has 1 atom stereocenters. The molecule has 2 N–H and O–H groups in total. The zero-order valence-corrected chi connectivity index (χ0v) is 11.5. The standard InChI is InChI=1S/C16H21NO2/c1-11-3-4-13(12(2)9-11)7-8-16(19)17-10-15(18)14-5-6-14/h3-4,7-9,14-15,18H,5-6,10H2,1-2H3,(H,17,19). The summed E-state index contributed by atoms with van der Waals surface area (Å²) in [6, 6.07) is 6.13. The van der Waals surface area contributed by atoms with Gasteiger partial charge in [-0.1, -0.05) is 23.8 Å². The summed E-state index contributed by atoms with van der Waals surface area (Å²) in [6.07, 6.45) is 5.11. The first kappa shape index (κ1) is 13.8. The van der Waals surface area contributed by atoms with Gasteiger partial charge in [0.25, 0.3) is 0 Å². The quantitative estimate of drug-likeness (QED) is 0.796. The maximum atomic E-state index is 11.6. The Morgan fingerprint density at radius 3 is 2.84 bits per heavy atom. The largest absolute Gasteiger partial charge is 0.391 e. The third kappa shape index (κ3) is 4.21. The molecule has 0 spiro atoms. The highest BCUT2D eigenvalue weighted by atomic mass is 16.3. The predicted octanol–water partition coefficient (Wildman–Crippen LogP) is 2.20.